The van der Waals surface area contributed by atoms with E-state index in [1.807, 2.05) is 45.0 Å². The highest BCUT2D eigenvalue weighted by Gasteiger charge is 2.45. The predicted molar refractivity (Wildman–Crippen MR) is 140 cm³/mol. The predicted octanol–water partition coefficient (Wildman–Crippen LogP) is 3.47. The fourth-order valence-electron chi connectivity index (χ4n) is 5.26. The Hall–Kier alpha value is -3.90. The molecule has 0 bridgehead atoms. The summed E-state index contributed by atoms with van der Waals surface area (Å²) in [5.41, 5.74) is 2.77. The topological polar surface area (TPSA) is 116 Å². The Morgan fingerprint density at radius 2 is 2.22 bits per heavy atom. The van der Waals surface area contributed by atoms with Gasteiger partial charge in [-0.25, -0.2) is 9.50 Å². The number of fused-ring (bicyclic) bond motifs is 2. The maximum Gasteiger partial charge on any atom is 0.220 e. The Balaban J connectivity index is 1.40. The molecule has 2 N–H and O–H groups in total. The van der Waals surface area contributed by atoms with Crippen LogP contribution in [0.3, 0.4) is 0 Å². The highest BCUT2D eigenvalue weighted by atomic mass is 16.5. The van der Waals surface area contributed by atoms with Gasteiger partial charge in [0.1, 0.15) is 23.2 Å². The van der Waals surface area contributed by atoms with Crippen LogP contribution < -0.4 is 15.0 Å². The minimum absolute atomic E-state index is 0.0169. The van der Waals surface area contributed by atoms with Crippen LogP contribution in [0.2, 0.25) is 0 Å². The minimum atomic E-state index is -0.968. The summed E-state index contributed by atoms with van der Waals surface area (Å²) >= 11 is 0. The molecule has 0 unspecified atom stereocenters. The number of nitriles is 1. The molecule has 2 atom stereocenters. The van der Waals surface area contributed by atoms with Crippen molar-refractivity contribution in [1.82, 2.24) is 19.9 Å². The molecule has 4 heterocycles. The van der Waals surface area contributed by atoms with E-state index in [2.05, 4.69) is 21.4 Å². The summed E-state index contributed by atoms with van der Waals surface area (Å²) in [4.78, 5) is 19.3. The normalized spacial score (nSPS) is 21.0. The lowest BCUT2D eigenvalue weighted by Gasteiger charge is -2.41. The van der Waals surface area contributed by atoms with E-state index in [-0.39, 0.29) is 17.9 Å². The van der Waals surface area contributed by atoms with Crippen LogP contribution in [0.4, 0.5) is 5.82 Å². The zero-order valence-electron chi connectivity index (χ0n) is 21.4. The van der Waals surface area contributed by atoms with Crippen LogP contribution in [0.15, 0.2) is 48.4 Å². The second kappa shape index (κ2) is 9.87. The molecule has 1 saturated heterocycles. The molecule has 1 fully saturated rings. The van der Waals surface area contributed by atoms with E-state index in [0.29, 0.717) is 55.8 Å². The van der Waals surface area contributed by atoms with Crippen LogP contribution in [-0.4, -0.2) is 57.0 Å². The quantitative estimate of drug-likeness (QED) is 0.477. The monoisotopic (exact) mass is 500 g/mol. The van der Waals surface area contributed by atoms with E-state index in [9.17, 15) is 15.2 Å². The molecule has 0 spiro atoms. The van der Waals surface area contributed by atoms with Crippen molar-refractivity contribution in [2.45, 2.75) is 51.7 Å². The van der Waals surface area contributed by atoms with Gasteiger partial charge in [-0.3, -0.25) is 4.79 Å². The number of aromatic nitrogens is 3. The van der Waals surface area contributed by atoms with Crippen molar-refractivity contribution in [3.05, 3.63) is 54.0 Å². The summed E-state index contributed by atoms with van der Waals surface area (Å²) in [5.74, 6) is 1.71. The van der Waals surface area contributed by atoms with E-state index in [4.69, 9.17) is 9.72 Å². The SMILES string of the molecule is CCOc1cc(-c2ccc(N3CC[C@@H](NC(=O)CC(C)C)C4=CC[C@@]4(O)C3)nc2)c2c(C#N)cnn2c1. The number of ether oxygens (including phenoxy) is 1. The van der Waals surface area contributed by atoms with Gasteiger partial charge in [-0.2, -0.15) is 10.4 Å². The van der Waals surface area contributed by atoms with Gasteiger partial charge in [0.15, 0.2) is 0 Å². The average Bonchev–Trinajstić information content (AvgIpc) is 3.24. The molecule has 192 valence electrons. The Labute approximate surface area is 216 Å². The lowest BCUT2D eigenvalue weighted by atomic mass is 9.75. The van der Waals surface area contributed by atoms with Crippen molar-refractivity contribution in [1.29, 1.82) is 5.26 Å². The molecule has 0 saturated carbocycles. The van der Waals surface area contributed by atoms with Crippen molar-refractivity contribution < 1.29 is 14.6 Å². The number of anilines is 1. The summed E-state index contributed by atoms with van der Waals surface area (Å²) in [6.07, 6.45) is 8.86. The van der Waals surface area contributed by atoms with E-state index < -0.39 is 5.60 Å². The van der Waals surface area contributed by atoms with Crippen molar-refractivity contribution in [3.8, 4) is 22.9 Å². The van der Waals surface area contributed by atoms with Crippen molar-refractivity contribution in [3.63, 3.8) is 0 Å². The Morgan fingerprint density at radius 3 is 2.86 bits per heavy atom. The molecule has 3 aromatic rings. The molecule has 5 rings (SSSR count). The van der Waals surface area contributed by atoms with Gasteiger partial charge >= 0.3 is 0 Å². The smallest absolute Gasteiger partial charge is 0.220 e. The lowest BCUT2D eigenvalue weighted by Crippen LogP contribution is -2.51. The largest absolute Gasteiger partial charge is 0.492 e. The fourth-order valence-corrected chi connectivity index (χ4v) is 5.26. The van der Waals surface area contributed by atoms with Gasteiger partial charge in [0, 0.05) is 36.7 Å². The molecule has 0 aromatic carbocycles. The van der Waals surface area contributed by atoms with Crippen LogP contribution in [0.5, 0.6) is 5.75 Å². The summed E-state index contributed by atoms with van der Waals surface area (Å²) in [6, 6.07) is 7.85. The number of nitrogens with zero attached hydrogens (tertiary/aromatic N) is 5. The third-order valence-electron chi connectivity index (χ3n) is 7.04. The van der Waals surface area contributed by atoms with Gasteiger partial charge in [-0.05, 0) is 43.0 Å². The summed E-state index contributed by atoms with van der Waals surface area (Å²) < 4.78 is 7.38. The number of amides is 1. The molecule has 1 amide bonds. The van der Waals surface area contributed by atoms with Crippen molar-refractivity contribution in [2.75, 3.05) is 24.6 Å². The second-order valence-electron chi connectivity index (χ2n) is 10.2. The molecule has 37 heavy (non-hydrogen) atoms. The summed E-state index contributed by atoms with van der Waals surface area (Å²) in [6.45, 7) is 7.56. The molecule has 3 aromatic heterocycles. The molecule has 1 aliphatic heterocycles. The maximum atomic E-state index is 12.4. The first kappa shape index (κ1) is 24.8. The summed E-state index contributed by atoms with van der Waals surface area (Å²) in [7, 11) is 0. The van der Waals surface area contributed by atoms with Gasteiger partial charge in [-0.1, -0.05) is 19.9 Å². The van der Waals surface area contributed by atoms with Crippen LogP contribution in [0, 0.1) is 17.2 Å². The van der Waals surface area contributed by atoms with Crippen molar-refractivity contribution >= 4 is 17.2 Å². The summed E-state index contributed by atoms with van der Waals surface area (Å²) in [5, 5.41) is 28.4. The van der Waals surface area contributed by atoms with Crippen LogP contribution in [0.25, 0.3) is 16.6 Å². The Morgan fingerprint density at radius 1 is 1.38 bits per heavy atom. The third kappa shape index (κ3) is 4.77. The highest BCUT2D eigenvalue weighted by Crippen LogP contribution is 2.39. The number of rotatable bonds is 7. The lowest BCUT2D eigenvalue weighted by molar-refractivity contribution is -0.122. The first-order valence-electron chi connectivity index (χ1n) is 12.8. The van der Waals surface area contributed by atoms with Gasteiger partial charge in [0.25, 0.3) is 0 Å². The third-order valence-corrected chi connectivity index (χ3v) is 7.04. The number of pyridine rings is 2. The molecule has 9 nitrogen and oxygen atoms in total. The maximum absolute atomic E-state index is 12.4. The molecule has 1 aliphatic carbocycles. The Bertz CT molecular complexity index is 1390. The highest BCUT2D eigenvalue weighted by molar-refractivity contribution is 5.85. The average molecular weight is 501 g/mol. The molecule has 0 radical (unpaired) electrons. The zero-order valence-corrected chi connectivity index (χ0v) is 21.4. The zero-order chi connectivity index (χ0) is 26.2. The Kier molecular flexibility index (Phi) is 6.61. The van der Waals surface area contributed by atoms with Crippen LogP contribution in [0.1, 0.15) is 45.6 Å². The van der Waals surface area contributed by atoms with E-state index in [1.165, 1.54) is 0 Å². The van der Waals surface area contributed by atoms with Crippen LogP contribution in [-0.2, 0) is 4.79 Å². The number of hydrogen-bond donors (Lipinski definition) is 2. The fraction of sp³-hybridized carbons (Fsp3) is 0.429. The number of carbonyl (C=O) groups is 1. The molecule has 9 heteroatoms. The molecular weight excluding hydrogens is 468 g/mol. The minimum Gasteiger partial charge on any atom is -0.492 e. The first-order chi connectivity index (χ1) is 17.8. The van der Waals surface area contributed by atoms with Gasteiger partial charge in [0.2, 0.25) is 5.91 Å². The second-order valence-corrected chi connectivity index (χ2v) is 10.2. The van der Waals surface area contributed by atoms with E-state index >= 15 is 0 Å². The van der Waals surface area contributed by atoms with Crippen molar-refractivity contribution in [2.24, 2.45) is 5.92 Å². The van der Waals surface area contributed by atoms with Crippen LogP contribution >= 0.6 is 0 Å². The number of β-amino-alcohol motifs (C(OH)–C–C–N with tert-alkyl or cyclic N) is 1. The van der Waals surface area contributed by atoms with E-state index in [0.717, 1.165) is 22.5 Å². The van der Waals surface area contributed by atoms with Gasteiger partial charge < -0.3 is 20.1 Å². The number of hydrogen-bond acceptors (Lipinski definition) is 7. The number of carbonyl (C=O) groups excluding carboxylic acids is 1. The molecule has 2 aliphatic rings. The van der Waals surface area contributed by atoms with E-state index in [1.54, 1.807) is 23.1 Å². The van der Waals surface area contributed by atoms with Gasteiger partial charge in [0.05, 0.1) is 42.7 Å². The molecular formula is C28H32N6O3. The number of nitrogens with one attached hydrogen (secondary N) is 1. The number of aliphatic hydroxyl groups is 1. The first-order valence-corrected chi connectivity index (χ1v) is 12.8. The van der Waals surface area contributed by atoms with Gasteiger partial charge in [-0.15, -0.1) is 0 Å². The standard InChI is InChI=1S/C28H32N6O3/c1-4-37-21-12-22(27-20(13-29)15-31-34(27)16-21)19-5-6-25(30-14-19)33-10-8-24(32-26(35)11-18(2)3)23-7-9-28(23,36)17-33/h5-7,12,14-16,18,24,36H,4,8-11,17H2,1-3H3,(H,32,35)/t24-,28-/m1/s1.